The summed E-state index contributed by atoms with van der Waals surface area (Å²) in [5.41, 5.74) is 0. The number of nitrogens with zero attached hydrogens (tertiary/aromatic N) is 2. The van der Waals surface area contributed by atoms with Gasteiger partial charge < -0.3 is 4.57 Å². The van der Waals surface area contributed by atoms with E-state index in [0.29, 0.717) is 17.2 Å². The summed E-state index contributed by atoms with van der Waals surface area (Å²) >= 11 is 5.01. The Kier molecular flexibility index (Phi) is 2.44. The summed E-state index contributed by atoms with van der Waals surface area (Å²) in [7, 11) is 0. The Bertz CT molecular complexity index is 339. The molecule has 0 spiro atoms. The summed E-state index contributed by atoms with van der Waals surface area (Å²) < 4.78 is 14.5. The number of halogens is 1. The van der Waals surface area contributed by atoms with Gasteiger partial charge in [-0.1, -0.05) is 6.42 Å². The molecule has 72 valence electrons. The van der Waals surface area contributed by atoms with Gasteiger partial charge >= 0.3 is 0 Å². The zero-order chi connectivity index (χ0) is 9.26. The van der Waals surface area contributed by atoms with E-state index in [1.165, 1.54) is 6.42 Å². The SMILES string of the molecule is FCCn1c(C2CCC2)n[nH]c1=S. The van der Waals surface area contributed by atoms with Crippen molar-refractivity contribution in [3.63, 3.8) is 0 Å². The number of alkyl halides is 1. The molecular formula is C8H12FN3S. The van der Waals surface area contributed by atoms with E-state index < -0.39 is 0 Å². The van der Waals surface area contributed by atoms with Gasteiger partial charge in [0.2, 0.25) is 0 Å². The Hall–Kier alpha value is -0.710. The average Bonchev–Trinajstić information content (AvgIpc) is 2.33. The van der Waals surface area contributed by atoms with Gasteiger partial charge in [-0.25, -0.2) is 4.39 Å². The molecule has 5 heteroatoms. The molecule has 1 fully saturated rings. The smallest absolute Gasteiger partial charge is 0.195 e. The van der Waals surface area contributed by atoms with Crippen molar-refractivity contribution in [3.05, 3.63) is 10.6 Å². The lowest BCUT2D eigenvalue weighted by Gasteiger charge is -2.24. The van der Waals surface area contributed by atoms with Gasteiger partial charge in [0.05, 0.1) is 6.54 Å². The molecule has 0 atom stereocenters. The first-order valence-electron chi connectivity index (χ1n) is 4.54. The van der Waals surface area contributed by atoms with E-state index in [4.69, 9.17) is 12.2 Å². The van der Waals surface area contributed by atoms with Crippen LogP contribution in [0, 0.1) is 4.77 Å². The third kappa shape index (κ3) is 1.52. The van der Waals surface area contributed by atoms with E-state index in [-0.39, 0.29) is 6.67 Å². The first kappa shape index (κ1) is 8.87. The predicted octanol–water partition coefficient (Wildman–Crippen LogP) is 2.18. The lowest BCUT2D eigenvalue weighted by Crippen LogP contribution is -2.16. The maximum Gasteiger partial charge on any atom is 0.195 e. The summed E-state index contributed by atoms with van der Waals surface area (Å²) in [6, 6.07) is 0. The van der Waals surface area contributed by atoms with Crippen molar-refractivity contribution in [2.75, 3.05) is 6.67 Å². The van der Waals surface area contributed by atoms with Crippen molar-refractivity contribution in [3.8, 4) is 0 Å². The van der Waals surface area contributed by atoms with Gasteiger partial charge in [0, 0.05) is 5.92 Å². The molecule has 1 N–H and O–H groups in total. The number of aromatic nitrogens is 3. The van der Waals surface area contributed by atoms with Crippen LogP contribution in [-0.4, -0.2) is 21.4 Å². The van der Waals surface area contributed by atoms with Crippen LogP contribution in [0.15, 0.2) is 0 Å². The van der Waals surface area contributed by atoms with Crippen LogP contribution in [0.4, 0.5) is 4.39 Å². The minimum Gasteiger partial charge on any atom is -0.301 e. The second-order valence-corrected chi connectivity index (χ2v) is 3.74. The molecule has 0 saturated heterocycles. The van der Waals surface area contributed by atoms with Gasteiger partial charge in [0.25, 0.3) is 0 Å². The standard InChI is InChI=1S/C8H12FN3S/c9-4-5-12-7(6-2-1-3-6)10-11-8(12)13/h6H,1-5H2,(H,11,13). The largest absolute Gasteiger partial charge is 0.301 e. The van der Waals surface area contributed by atoms with Crippen LogP contribution < -0.4 is 0 Å². The van der Waals surface area contributed by atoms with E-state index in [1.54, 1.807) is 4.57 Å². The molecule has 0 unspecified atom stereocenters. The van der Waals surface area contributed by atoms with Crippen LogP contribution in [0.5, 0.6) is 0 Å². The predicted molar refractivity (Wildman–Crippen MR) is 50.0 cm³/mol. The molecule has 1 aromatic rings. The molecule has 0 amide bonds. The molecule has 1 aliphatic rings. The van der Waals surface area contributed by atoms with Gasteiger partial charge in [0.15, 0.2) is 4.77 Å². The number of nitrogens with one attached hydrogen (secondary N) is 1. The summed E-state index contributed by atoms with van der Waals surface area (Å²) in [6.07, 6.45) is 3.57. The number of hydrogen-bond acceptors (Lipinski definition) is 2. The number of H-pyrrole nitrogens is 1. The molecule has 1 heterocycles. The van der Waals surface area contributed by atoms with Crippen molar-refractivity contribution in [2.45, 2.75) is 31.7 Å². The highest BCUT2D eigenvalue weighted by Crippen LogP contribution is 2.35. The third-order valence-electron chi connectivity index (χ3n) is 2.57. The van der Waals surface area contributed by atoms with Gasteiger partial charge in [0.1, 0.15) is 12.5 Å². The third-order valence-corrected chi connectivity index (χ3v) is 2.88. The maximum absolute atomic E-state index is 12.2. The van der Waals surface area contributed by atoms with Crippen LogP contribution >= 0.6 is 12.2 Å². The van der Waals surface area contributed by atoms with Gasteiger partial charge in [-0.3, -0.25) is 5.10 Å². The van der Waals surface area contributed by atoms with Crippen LogP contribution in [0.25, 0.3) is 0 Å². The zero-order valence-corrected chi connectivity index (χ0v) is 8.11. The fourth-order valence-electron chi connectivity index (χ4n) is 1.61. The summed E-state index contributed by atoms with van der Waals surface area (Å²) in [5, 5.41) is 6.86. The average molecular weight is 201 g/mol. The molecule has 3 nitrogen and oxygen atoms in total. The Morgan fingerprint density at radius 2 is 2.38 bits per heavy atom. The lowest BCUT2D eigenvalue weighted by atomic mass is 9.85. The van der Waals surface area contributed by atoms with Gasteiger partial charge in [-0.15, -0.1) is 0 Å². The zero-order valence-electron chi connectivity index (χ0n) is 7.29. The molecule has 1 aromatic heterocycles. The molecule has 0 bridgehead atoms. The second kappa shape index (κ2) is 3.57. The minimum atomic E-state index is -0.381. The van der Waals surface area contributed by atoms with Crippen LogP contribution in [0.3, 0.4) is 0 Å². The second-order valence-electron chi connectivity index (χ2n) is 3.36. The van der Waals surface area contributed by atoms with E-state index in [9.17, 15) is 4.39 Å². The van der Waals surface area contributed by atoms with Crippen molar-refractivity contribution in [1.82, 2.24) is 14.8 Å². The van der Waals surface area contributed by atoms with Crippen LogP contribution in [-0.2, 0) is 6.54 Å². The van der Waals surface area contributed by atoms with E-state index >= 15 is 0 Å². The number of hydrogen-bond donors (Lipinski definition) is 1. The molecule has 1 saturated carbocycles. The number of aromatic amines is 1. The molecule has 2 rings (SSSR count). The lowest BCUT2D eigenvalue weighted by molar-refractivity contribution is 0.370. The molecule has 13 heavy (non-hydrogen) atoms. The molecule has 0 aromatic carbocycles. The Morgan fingerprint density at radius 3 is 2.92 bits per heavy atom. The molecule has 0 aliphatic heterocycles. The van der Waals surface area contributed by atoms with Crippen molar-refractivity contribution in [1.29, 1.82) is 0 Å². The Labute approximate surface area is 81.0 Å². The molecule has 1 aliphatic carbocycles. The van der Waals surface area contributed by atoms with E-state index in [0.717, 1.165) is 18.7 Å². The first-order chi connectivity index (χ1) is 6.33. The molecule has 0 radical (unpaired) electrons. The van der Waals surface area contributed by atoms with E-state index in [1.807, 2.05) is 0 Å². The highest BCUT2D eigenvalue weighted by molar-refractivity contribution is 7.71. The van der Waals surface area contributed by atoms with Crippen LogP contribution in [0.2, 0.25) is 0 Å². The number of rotatable bonds is 3. The molecular weight excluding hydrogens is 189 g/mol. The van der Waals surface area contributed by atoms with E-state index in [2.05, 4.69) is 10.2 Å². The minimum absolute atomic E-state index is 0.334. The van der Waals surface area contributed by atoms with Gasteiger partial charge in [-0.05, 0) is 25.1 Å². The fourth-order valence-corrected chi connectivity index (χ4v) is 1.84. The van der Waals surface area contributed by atoms with Gasteiger partial charge in [-0.2, -0.15) is 5.10 Å². The summed E-state index contributed by atoms with van der Waals surface area (Å²) in [6.45, 7) is -0.0469. The van der Waals surface area contributed by atoms with Crippen LogP contribution in [0.1, 0.15) is 31.0 Å². The Morgan fingerprint density at radius 1 is 1.62 bits per heavy atom. The monoisotopic (exact) mass is 201 g/mol. The summed E-state index contributed by atoms with van der Waals surface area (Å²) in [5.74, 6) is 1.44. The maximum atomic E-state index is 12.2. The highest BCUT2D eigenvalue weighted by Gasteiger charge is 2.24. The van der Waals surface area contributed by atoms with Crippen molar-refractivity contribution >= 4 is 12.2 Å². The van der Waals surface area contributed by atoms with Crippen molar-refractivity contribution in [2.24, 2.45) is 0 Å². The fraction of sp³-hybridized carbons (Fsp3) is 0.750. The topological polar surface area (TPSA) is 33.6 Å². The van der Waals surface area contributed by atoms with Crippen molar-refractivity contribution < 1.29 is 4.39 Å². The normalized spacial score (nSPS) is 17.3. The quantitative estimate of drug-likeness (QED) is 0.760. The first-order valence-corrected chi connectivity index (χ1v) is 4.95. The Balaban J connectivity index is 2.27. The highest BCUT2D eigenvalue weighted by atomic mass is 32.1. The summed E-state index contributed by atoms with van der Waals surface area (Å²) in [4.78, 5) is 0.